The van der Waals surface area contributed by atoms with E-state index in [1.54, 1.807) is 0 Å². The summed E-state index contributed by atoms with van der Waals surface area (Å²) in [6, 6.07) is 0.670. The Morgan fingerprint density at radius 2 is 1.95 bits per heavy atom. The Hall–Kier alpha value is -0.770. The van der Waals surface area contributed by atoms with Gasteiger partial charge in [0.25, 0.3) is 0 Å². The highest BCUT2D eigenvalue weighted by molar-refractivity contribution is 5.81. The number of aliphatic imine (C=N–C) groups is 1. The standard InChI is InChI=1S/C15H28N4/c1-2-9-18-10-7-15(8-11-18)12-17-14(16)19(15)13-5-3-4-6-13/h13H,2-12H2,1H3,(H2,16,17). The minimum absolute atomic E-state index is 0.267. The van der Waals surface area contributed by atoms with E-state index in [1.807, 2.05) is 0 Å². The van der Waals surface area contributed by atoms with Crippen molar-refractivity contribution in [1.82, 2.24) is 9.80 Å². The number of piperidine rings is 1. The highest BCUT2D eigenvalue weighted by Crippen LogP contribution is 2.38. The van der Waals surface area contributed by atoms with Crippen LogP contribution in [-0.4, -0.2) is 53.5 Å². The van der Waals surface area contributed by atoms with Crippen molar-refractivity contribution in [2.24, 2.45) is 10.7 Å². The molecule has 2 N–H and O–H groups in total. The predicted octanol–water partition coefficient (Wildman–Crippen LogP) is 1.80. The van der Waals surface area contributed by atoms with Gasteiger partial charge in [0.1, 0.15) is 0 Å². The summed E-state index contributed by atoms with van der Waals surface area (Å²) in [7, 11) is 0. The molecule has 1 saturated carbocycles. The Morgan fingerprint density at radius 3 is 2.58 bits per heavy atom. The van der Waals surface area contributed by atoms with Crippen LogP contribution < -0.4 is 5.73 Å². The highest BCUT2D eigenvalue weighted by Gasteiger charge is 2.47. The lowest BCUT2D eigenvalue weighted by Crippen LogP contribution is -2.60. The van der Waals surface area contributed by atoms with Gasteiger partial charge in [0.2, 0.25) is 0 Å². The topological polar surface area (TPSA) is 44.9 Å². The van der Waals surface area contributed by atoms with E-state index in [-0.39, 0.29) is 5.54 Å². The average molecular weight is 264 g/mol. The van der Waals surface area contributed by atoms with Gasteiger partial charge in [-0.3, -0.25) is 4.99 Å². The molecular formula is C15H28N4. The van der Waals surface area contributed by atoms with Gasteiger partial charge in [-0.15, -0.1) is 0 Å². The number of rotatable bonds is 3. The number of nitrogens with two attached hydrogens (primary N) is 1. The molecule has 2 heterocycles. The van der Waals surface area contributed by atoms with E-state index in [9.17, 15) is 0 Å². The van der Waals surface area contributed by atoms with Crippen molar-refractivity contribution in [2.75, 3.05) is 26.2 Å². The van der Waals surface area contributed by atoms with Crippen LogP contribution in [0.4, 0.5) is 0 Å². The summed E-state index contributed by atoms with van der Waals surface area (Å²) >= 11 is 0. The summed E-state index contributed by atoms with van der Waals surface area (Å²) in [5.74, 6) is 0.829. The maximum atomic E-state index is 6.22. The molecule has 1 aliphatic carbocycles. The monoisotopic (exact) mass is 264 g/mol. The molecule has 1 spiro atoms. The first-order valence-electron chi connectivity index (χ1n) is 8.07. The van der Waals surface area contributed by atoms with Crippen LogP contribution in [0.25, 0.3) is 0 Å². The first-order valence-corrected chi connectivity index (χ1v) is 8.07. The summed E-state index contributed by atoms with van der Waals surface area (Å²) in [6.07, 6.45) is 9.12. The average Bonchev–Trinajstić information content (AvgIpc) is 3.02. The molecule has 2 aliphatic heterocycles. The molecule has 0 radical (unpaired) electrons. The van der Waals surface area contributed by atoms with Gasteiger partial charge in [0.15, 0.2) is 5.96 Å². The van der Waals surface area contributed by atoms with E-state index in [0.717, 1.165) is 12.5 Å². The molecule has 0 atom stereocenters. The Balaban J connectivity index is 1.69. The minimum Gasteiger partial charge on any atom is -0.370 e. The van der Waals surface area contributed by atoms with E-state index < -0.39 is 0 Å². The summed E-state index contributed by atoms with van der Waals surface area (Å²) < 4.78 is 0. The van der Waals surface area contributed by atoms with Crippen LogP contribution in [0.1, 0.15) is 51.9 Å². The molecule has 4 nitrogen and oxygen atoms in total. The fourth-order valence-electron chi connectivity index (χ4n) is 4.27. The number of guanidine groups is 1. The third-order valence-electron chi connectivity index (χ3n) is 5.31. The largest absolute Gasteiger partial charge is 0.370 e. The first-order chi connectivity index (χ1) is 9.25. The van der Waals surface area contributed by atoms with Gasteiger partial charge in [-0.2, -0.15) is 0 Å². The van der Waals surface area contributed by atoms with Crippen LogP contribution >= 0.6 is 0 Å². The Kier molecular flexibility index (Phi) is 3.70. The zero-order valence-electron chi connectivity index (χ0n) is 12.3. The summed E-state index contributed by atoms with van der Waals surface area (Å²) in [5.41, 5.74) is 6.49. The second-order valence-corrected chi connectivity index (χ2v) is 6.55. The normalized spacial score (nSPS) is 28.3. The predicted molar refractivity (Wildman–Crippen MR) is 79.3 cm³/mol. The van der Waals surface area contributed by atoms with E-state index in [2.05, 4.69) is 21.7 Å². The lowest BCUT2D eigenvalue weighted by molar-refractivity contribution is 0.0627. The SMILES string of the molecule is CCCN1CCC2(CC1)CN=C(N)N2C1CCCC1. The second kappa shape index (κ2) is 5.31. The molecule has 0 aromatic heterocycles. The fourth-order valence-corrected chi connectivity index (χ4v) is 4.27. The second-order valence-electron chi connectivity index (χ2n) is 6.55. The third-order valence-corrected chi connectivity index (χ3v) is 5.31. The molecule has 0 unspecified atom stereocenters. The van der Waals surface area contributed by atoms with Crippen LogP contribution in [0.3, 0.4) is 0 Å². The van der Waals surface area contributed by atoms with Crippen LogP contribution in [-0.2, 0) is 0 Å². The van der Waals surface area contributed by atoms with Crippen molar-refractivity contribution in [2.45, 2.75) is 63.5 Å². The van der Waals surface area contributed by atoms with Gasteiger partial charge in [0.05, 0.1) is 12.1 Å². The minimum atomic E-state index is 0.267. The molecule has 108 valence electrons. The van der Waals surface area contributed by atoms with Crippen LogP contribution in [0.5, 0.6) is 0 Å². The number of hydrogen-bond acceptors (Lipinski definition) is 4. The van der Waals surface area contributed by atoms with E-state index >= 15 is 0 Å². The van der Waals surface area contributed by atoms with Crippen molar-refractivity contribution in [3.8, 4) is 0 Å². The summed E-state index contributed by atoms with van der Waals surface area (Å²) in [6.45, 7) is 6.90. The van der Waals surface area contributed by atoms with Gasteiger partial charge < -0.3 is 15.5 Å². The lowest BCUT2D eigenvalue weighted by atomic mass is 9.85. The van der Waals surface area contributed by atoms with E-state index in [1.165, 1.54) is 64.6 Å². The Morgan fingerprint density at radius 1 is 1.26 bits per heavy atom. The molecule has 3 aliphatic rings. The van der Waals surface area contributed by atoms with Crippen LogP contribution in [0.15, 0.2) is 4.99 Å². The molecule has 2 fully saturated rings. The zero-order chi connectivity index (χ0) is 13.3. The zero-order valence-corrected chi connectivity index (χ0v) is 12.3. The molecule has 19 heavy (non-hydrogen) atoms. The van der Waals surface area contributed by atoms with Gasteiger partial charge in [-0.05, 0) is 38.6 Å². The van der Waals surface area contributed by atoms with E-state index in [4.69, 9.17) is 5.73 Å². The molecule has 0 amide bonds. The highest BCUT2D eigenvalue weighted by atomic mass is 15.4. The first kappa shape index (κ1) is 13.2. The fraction of sp³-hybridized carbons (Fsp3) is 0.933. The maximum Gasteiger partial charge on any atom is 0.192 e. The number of hydrogen-bond donors (Lipinski definition) is 1. The molecule has 4 heteroatoms. The molecule has 0 bridgehead atoms. The van der Waals surface area contributed by atoms with Crippen LogP contribution in [0, 0.1) is 0 Å². The molecule has 3 rings (SSSR count). The third kappa shape index (κ3) is 2.35. The van der Waals surface area contributed by atoms with Crippen molar-refractivity contribution in [1.29, 1.82) is 0 Å². The Labute approximate surface area is 117 Å². The molecule has 1 saturated heterocycles. The van der Waals surface area contributed by atoms with E-state index in [0.29, 0.717) is 6.04 Å². The van der Waals surface area contributed by atoms with Crippen molar-refractivity contribution >= 4 is 5.96 Å². The molecule has 0 aromatic rings. The van der Waals surface area contributed by atoms with Gasteiger partial charge in [0, 0.05) is 19.1 Å². The van der Waals surface area contributed by atoms with Crippen LogP contribution in [0.2, 0.25) is 0 Å². The summed E-state index contributed by atoms with van der Waals surface area (Å²) in [5, 5.41) is 0. The van der Waals surface area contributed by atoms with Gasteiger partial charge in [-0.25, -0.2) is 0 Å². The van der Waals surface area contributed by atoms with Gasteiger partial charge in [-0.1, -0.05) is 19.8 Å². The number of likely N-dealkylation sites (tertiary alicyclic amines) is 1. The molecule has 0 aromatic carbocycles. The number of nitrogens with zero attached hydrogens (tertiary/aromatic N) is 3. The van der Waals surface area contributed by atoms with Crippen molar-refractivity contribution < 1.29 is 0 Å². The maximum absolute atomic E-state index is 6.22. The smallest absolute Gasteiger partial charge is 0.192 e. The lowest BCUT2D eigenvalue weighted by Gasteiger charge is -2.47. The summed E-state index contributed by atoms with van der Waals surface area (Å²) in [4.78, 5) is 9.75. The van der Waals surface area contributed by atoms with Gasteiger partial charge >= 0.3 is 0 Å². The quantitative estimate of drug-likeness (QED) is 0.845. The van der Waals surface area contributed by atoms with Crippen molar-refractivity contribution in [3.05, 3.63) is 0 Å². The Bertz CT molecular complexity index is 338. The molecular weight excluding hydrogens is 236 g/mol. The van der Waals surface area contributed by atoms with Crippen molar-refractivity contribution in [3.63, 3.8) is 0 Å².